The predicted molar refractivity (Wildman–Crippen MR) is 57.8 cm³/mol. The van der Waals surface area contributed by atoms with E-state index in [4.69, 9.17) is 4.74 Å². The van der Waals surface area contributed by atoms with Crippen LogP contribution in [-0.4, -0.2) is 15.5 Å². The largest absolute Gasteiger partial charge is 0.444 e. The summed E-state index contributed by atoms with van der Waals surface area (Å²) in [6, 6.07) is 6.53. The van der Waals surface area contributed by atoms with Gasteiger partial charge in [0.05, 0.1) is 11.0 Å². The summed E-state index contributed by atoms with van der Waals surface area (Å²) in [4.78, 5) is 26.4. The SMILES string of the molecule is CC(=O)OCn1c(=O)ccc2ncccc21. The van der Waals surface area contributed by atoms with Gasteiger partial charge < -0.3 is 4.74 Å². The van der Waals surface area contributed by atoms with Crippen molar-refractivity contribution in [1.82, 2.24) is 9.55 Å². The molecule has 0 spiro atoms. The van der Waals surface area contributed by atoms with Gasteiger partial charge in [0, 0.05) is 19.2 Å². The molecule has 0 saturated carbocycles. The zero-order valence-electron chi connectivity index (χ0n) is 8.71. The molecule has 0 aromatic carbocycles. The molecule has 0 radical (unpaired) electrons. The van der Waals surface area contributed by atoms with Crippen LogP contribution < -0.4 is 5.56 Å². The Labute approximate surface area is 91.3 Å². The van der Waals surface area contributed by atoms with Gasteiger partial charge in [-0.3, -0.25) is 19.1 Å². The number of pyridine rings is 2. The van der Waals surface area contributed by atoms with Crippen molar-refractivity contribution >= 4 is 17.0 Å². The third kappa shape index (κ3) is 1.93. The Morgan fingerprint density at radius 3 is 3.00 bits per heavy atom. The molecule has 5 heteroatoms. The summed E-state index contributed by atoms with van der Waals surface area (Å²) in [5.41, 5.74) is 1.12. The Morgan fingerprint density at radius 1 is 1.44 bits per heavy atom. The van der Waals surface area contributed by atoms with E-state index in [1.165, 1.54) is 17.6 Å². The lowest BCUT2D eigenvalue weighted by molar-refractivity contribution is -0.144. The molecule has 0 aliphatic rings. The van der Waals surface area contributed by atoms with Gasteiger partial charge in [-0.15, -0.1) is 0 Å². The molecule has 0 bridgehead atoms. The van der Waals surface area contributed by atoms with E-state index >= 15 is 0 Å². The molecule has 0 amide bonds. The van der Waals surface area contributed by atoms with E-state index in [1.54, 1.807) is 24.4 Å². The van der Waals surface area contributed by atoms with E-state index < -0.39 is 5.97 Å². The lowest BCUT2D eigenvalue weighted by Crippen LogP contribution is -2.21. The lowest BCUT2D eigenvalue weighted by Gasteiger charge is -2.08. The molecule has 2 aromatic heterocycles. The first kappa shape index (κ1) is 10.4. The second-order valence-electron chi connectivity index (χ2n) is 3.27. The highest BCUT2D eigenvalue weighted by Gasteiger charge is 2.03. The average Bonchev–Trinajstić information content (AvgIpc) is 2.27. The number of rotatable bonds is 2. The fourth-order valence-electron chi connectivity index (χ4n) is 1.41. The maximum Gasteiger partial charge on any atom is 0.304 e. The average molecular weight is 218 g/mol. The van der Waals surface area contributed by atoms with Gasteiger partial charge in [-0.05, 0) is 18.2 Å². The van der Waals surface area contributed by atoms with Gasteiger partial charge in [-0.1, -0.05) is 0 Å². The van der Waals surface area contributed by atoms with Crippen molar-refractivity contribution < 1.29 is 9.53 Å². The molecule has 0 N–H and O–H groups in total. The number of hydrogen-bond acceptors (Lipinski definition) is 4. The Bertz CT molecular complexity index is 589. The van der Waals surface area contributed by atoms with Gasteiger partial charge in [-0.25, -0.2) is 0 Å². The van der Waals surface area contributed by atoms with Gasteiger partial charge in [0.15, 0.2) is 6.73 Å². The molecule has 82 valence electrons. The summed E-state index contributed by atoms with van der Waals surface area (Å²) in [5, 5.41) is 0. The van der Waals surface area contributed by atoms with E-state index in [0.717, 1.165) is 0 Å². The van der Waals surface area contributed by atoms with Crippen LogP contribution in [0.25, 0.3) is 11.0 Å². The molecule has 0 fully saturated rings. The maximum absolute atomic E-state index is 11.6. The highest BCUT2D eigenvalue weighted by Crippen LogP contribution is 2.07. The van der Waals surface area contributed by atoms with Crippen LogP contribution in [0.2, 0.25) is 0 Å². The van der Waals surface area contributed by atoms with Crippen molar-refractivity contribution in [1.29, 1.82) is 0 Å². The molecule has 2 rings (SSSR count). The van der Waals surface area contributed by atoms with Gasteiger partial charge in [0.25, 0.3) is 5.56 Å². The van der Waals surface area contributed by atoms with Crippen LogP contribution in [-0.2, 0) is 16.3 Å². The summed E-state index contributed by atoms with van der Waals surface area (Å²) < 4.78 is 6.18. The number of hydrogen-bond donors (Lipinski definition) is 0. The van der Waals surface area contributed by atoms with E-state index in [1.807, 2.05) is 0 Å². The molecular weight excluding hydrogens is 208 g/mol. The van der Waals surface area contributed by atoms with Crippen molar-refractivity contribution in [3.8, 4) is 0 Å². The van der Waals surface area contributed by atoms with E-state index in [-0.39, 0.29) is 12.3 Å². The van der Waals surface area contributed by atoms with Crippen LogP contribution in [0.15, 0.2) is 35.3 Å². The molecule has 2 aromatic rings. The van der Waals surface area contributed by atoms with E-state index in [9.17, 15) is 9.59 Å². The summed E-state index contributed by atoms with van der Waals surface area (Å²) >= 11 is 0. The minimum atomic E-state index is -0.423. The van der Waals surface area contributed by atoms with Crippen LogP contribution in [0.5, 0.6) is 0 Å². The van der Waals surface area contributed by atoms with Gasteiger partial charge in [-0.2, -0.15) is 0 Å². The zero-order valence-corrected chi connectivity index (χ0v) is 8.71. The minimum Gasteiger partial charge on any atom is -0.444 e. The standard InChI is InChI=1S/C11H10N2O3/c1-8(14)16-7-13-10-3-2-6-12-9(10)4-5-11(13)15/h2-6H,7H2,1H3. The van der Waals surface area contributed by atoms with Crippen molar-refractivity contribution in [2.24, 2.45) is 0 Å². The van der Waals surface area contributed by atoms with Crippen LogP contribution in [0.1, 0.15) is 6.92 Å². The first-order chi connectivity index (χ1) is 7.68. The topological polar surface area (TPSA) is 61.2 Å². The monoisotopic (exact) mass is 218 g/mol. The number of nitrogens with zero attached hydrogens (tertiary/aromatic N) is 2. The fourth-order valence-corrected chi connectivity index (χ4v) is 1.41. The zero-order chi connectivity index (χ0) is 11.5. The molecule has 0 aliphatic carbocycles. The molecule has 2 heterocycles. The van der Waals surface area contributed by atoms with E-state index in [2.05, 4.69) is 4.98 Å². The van der Waals surface area contributed by atoms with Crippen LogP contribution in [0.3, 0.4) is 0 Å². The Kier molecular flexibility index (Phi) is 2.68. The number of aromatic nitrogens is 2. The van der Waals surface area contributed by atoms with Crippen LogP contribution in [0.4, 0.5) is 0 Å². The molecule has 5 nitrogen and oxygen atoms in total. The highest BCUT2D eigenvalue weighted by molar-refractivity contribution is 5.74. The van der Waals surface area contributed by atoms with Crippen molar-refractivity contribution in [2.75, 3.05) is 0 Å². The predicted octanol–water partition coefficient (Wildman–Crippen LogP) is 0.917. The number of esters is 1. The molecular formula is C11H10N2O3. The summed E-state index contributed by atoms with van der Waals surface area (Å²) in [6.45, 7) is 1.21. The number of carbonyl (C=O) groups is 1. The van der Waals surface area contributed by atoms with Gasteiger partial charge >= 0.3 is 5.97 Å². The summed E-state index contributed by atoms with van der Waals surface area (Å²) in [6.07, 6.45) is 1.64. The molecule has 0 unspecified atom stereocenters. The third-order valence-electron chi connectivity index (χ3n) is 2.15. The minimum absolute atomic E-state index is 0.0861. The quantitative estimate of drug-likeness (QED) is 0.703. The first-order valence-corrected chi connectivity index (χ1v) is 4.76. The highest BCUT2D eigenvalue weighted by atomic mass is 16.5. The Morgan fingerprint density at radius 2 is 2.25 bits per heavy atom. The van der Waals surface area contributed by atoms with Gasteiger partial charge in [0.1, 0.15) is 0 Å². The number of fused-ring (bicyclic) bond motifs is 1. The van der Waals surface area contributed by atoms with Crippen LogP contribution >= 0.6 is 0 Å². The second kappa shape index (κ2) is 4.14. The summed E-state index contributed by atoms with van der Waals surface area (Å²) in [7, 11) is 0. The molecule has 0 saturated heterocycles. The first-order valence-electron chi connectivity index (χ1n) is 4.76. The lowest BCUT2D eigenvalue weighted by atomic mass is 10.3. The fraction of sp³-hybridized carbons (Fsp3) is 0.182. The molecule has 0 aliphatic heterocycles. The Hall–Kier alpha value is -2.17. The normalized spacial score (nSPS) is 10.3. The Balaban J connectivity index is 2.53. The van der Waals surface area contributed by atoms with E-state index in [0.29, 0.717) is 11.0 Å². The number of ether oxygens (including phenoxy) is 1. The smallest absolute Gasteiger partial charge is 0.304 e. The van der Waals surface area contributed by atoms with Crippen LogP contribution in [0, 0.1) is 0 Å². The van der Waals surface area contributed by atoms with Crippen molar-refractivity contribution in [3.05, 3.63) is 40.8 Å². The van der Waals surface area contributed by atoms with Crippen molar-refractivity contribution in [2.45, 2.75) is 13.7 Å². The molecule has 0 atom stereocenters. The van der Waals surface area contributed by atoms with Crippen molar-refractivity contribution in [3.63, 3.8) is 0 Å². The maximum atomic E-state index is 11.6. The molecule has 16 heavy (non-hydrogen) atoms. The van der Waals surface area contributed by atoms with Gasteiger partial charge in [0.2, 0.25) is 0 Å². The summed E-state index contributed by atoms with van der Waals surface area (Å²) in [5.74, 6) is -0.423. The third-order valence-corrected chi connectivity index (χ3v) is 2.15. The number of carbonyl (C=O) groups excluding carboxylic acids is 1. The second-order valence-corrected chi connectivity index (χ2v) is 3.27.